The molecule has 7 heteroatoms. The molecule has 0 aliphatic rings. The van der Waals surface area contributed by atoms with Gasteiger partial charge in [0.25, 0.3) is 0 Å². The average molecular weight is 454 g/mol. The zero-order chi connectivity index (χ0) is 23.7. The van der Waals surface area contributed by atoms with Crippen molar-refractivity contribution in [2.24, 2.45) is 0 Å². The number of hydroxylamine groups is 1. The fraction of sp³-hybridized carbons (Fsp3) is 0.423. The van der Waals surface area contributed by atoms with Gasteiger partial charge in [0.15, 0.2) is 0 Å². The Balaban J connectivity index is 1.77. The predicted octanol–water partition coefficient (Wildman–Crippen LogP) is 3.31. The number of carbonyl (C=O) groups is 3. The fourth-order valence-electron chi connectivity index (χ4n) is 3.58. The van der Waals surface area contributed by atoms with Gasteiger partial charge in [-0.25, -0.2) is 5.48 Å². The molecule has 0 saturated carbocycles. The minimum atomic E-state index is -0.620. The molecule has 0 radical (unpaired) electrons. The molecule has 4 N–H and O–H groups in total. The summed E-state index contributed by atoms with van der Waals surface area (Å²) in [5.74, 6) is -0.718. The highest BCUT2D eigenvalue weighted by Gasteiger charge is 2.20. The quantitative estimate of drug-likeness (QED) is 0.188. The maximum absolute atomic E-state index is 12.8. The summed E-state index contributed by atoms with van der Waals surface area (Å²) in [6.07, 6.45) is 5.71. The molecule has 0 fully saturated rings. The van der Waals surface area contributed by atoms with Crippen molar-refractivity contribution in [1.82, 2.24) is 16.1 Å². The van der Waals surface area contributed by atoms with Crippen molar-refractivity contribution in [2.75, 3.05) is 6.54 Å². The first kappa shape index (κ1) is 26.1. The summed E-state index contributed by atoms with van der Waals surface area (Å²) < 4.78 is 0. The van der Waals surface area contributed by atoms with Crippen LogP contribution in [-0.2, 0) is 27.2 Å². The molecule has 0 bridgehead atoms. The topological polar surface area (TPSA) is 108 Å². The summed E-state index contributed by atoms with van der Waals surface area (Å²) in [5.41, 5.74) is 3.84. The highest BCUT2D eigenvalue weighted by Crippen LogP contribution is 2.08. The Morgan fingerprint density at radius 3 is 1.91 bits per heavy atom. The van der Waals surface area contributed by atoms with Crippen LogP contribution in [0.15, 0.2) is 60.7 Å². The van der Waals surface area contributed by atoms with E-state index in [1.807, 2.05) is 48.5 Å². The van der Waals surface area contributed by atoms with Crippen LogP contribution in [-0.4, -0.2) is 35.5 Å². The van der Waals surface area contributed by atoms with Crippen molar-refractivity contribution in [3.05, 3.63) is 71.8 Å². The lowest BCUT2D eigenvalue weighted by Gasteiger charge is -2.19. The summed E-state index contributed by atoms with van der Waals surface area (Å²) in [6.45, 7) is 0.552. The first-order valence-corrected chi connectivity index (χ1v) is 11.7. The van der Waals surface area contributed by atoms with Gasteiger partial charge in [0.05, 0.1) is 0 Å². The molecule has 0 heterocycles. The van der Waals surface area contributed by atoms with Crippen molar-refractivity contribution in [2.45, 2.75) is 63.8 Å². The zero-order valence-electron chi connectivity index (χ0n) is 19.1. The van der Waals surface area contributed by atoms with Crippen LogP contribution < -0.4 is 16.1 Å². The second-order valence-corrected chi connectivity index (χ2v) is 8.14. The highest BCUT2D eigenvalue weighted by molar-refractivity contribution is 5.87. The van der Waals surface area contributed by atoms with E-state index in [0.717, 1.165) is 31.2 Å². The Labute approximate surface area is 195 Å². The highest BCUT2D eigenvalue weighted by atomic mass is 16.5. The van der Waals surface area contributed by atoms with E-state index in [0.29, 0.717) is 32.2 Å². The molecule has 1 atom stereocenters. The third-order valence-corrected chi connectivity index (χ3v) is 5.40. The molecular formula is C26H35N3O4. The van der Waals surface area contributed by atoms with Crippen LogP contribution in [0.3, 0.4) is 0 Å². The largest absolute Gasteiger partial charge is 0.354 e. The van der Waals surface area contributed by atoms with Gasteiger partial charge in [-0.1, -0.05) is 73.5 Å². The molecular weight excluding hydrogens is 418 g/mol. The van der Waals surface area contributed by atoms with Gasteiger partial charge in [0, 0.05) is 25.8 Å². The fourth-order valence-corrected chi connectivity index (χ4v) is 3.58. The van der Waals surface area contributed by atoms with Gasteiger partial charge in [-0.15, -0.1) is 0 Å². The summed E-state index contributed by atoms with van der Waals surface area (Å²) in [4.78, 5) is 36.3. The Bertz CT molecular complexity index is 843. The maximum atomic E-state index is 12.8. The van der Waals surface area contributed by atoms with Gasteiger partial charge in [-0.3, -0.25) is 19.6 Å². The molecule has 2 rings (SSSR count). The number of benzene rings is 2. The molecule has 178 valence electrons. The second kappa shape index (κ2) is 15.6. The standard InChI is InChI=1S/C26H35N3O4/c30-24(17-9-1-2-10-18-25(31)29-33)28-23(20-22-14-7-4-8-15-22)26(32)27-19-11-16-21-12-5-3-6-13-21/h3-8,12-15,23,33H,1-2,9-11,16-20H2,(H,27,32)(H,28,30)(H,29,31)/t23-/m0/s1. The number of nitrogens with one attached hydrogen (secondary N) is 3. The number of hydrogen-bond donors (Lipinski definition) is 4. The van der Waals surface area contributed by atoms with E-state index in [-0.39, 0.29) is 18.2 Å². The molecule has 0 spiro atoms. The van der Waals surface area contributed by atoms with Crippen LogP contribution in [0.5, 0.6) is 0 Å². The molecule has 0 saturated heterocycles. The molecule has 33 heavy (non-hydrogen) atoms. The minimum Gasteiger partial charge on any atom is -0.354 e. The molecule has 0 aliphatic heterocycles. The van der Waals surface area contributed by atoms with Crippen molar-refractivity contribution in [3.63, 3.8) is 0 Å². The Kier molecular flexibility index (Phi) is 12.3. The molecule has 7 nitrogen and oxygen atoms in total. The average Bonchev–Trinajstić information content (AvgIpc) is 2.84. The Morgan fingerprint density at radius 1 is 0.727 bits per heavy atom. The van der Waals surface area contributed by atoms with Crippen molar-refractivity contribution in [1.29, 1.82) is 0 Å². The smallest absolute Gasteiger partial charge is 0.243 e. The van der Waals surface area contributed by atoms with E-state index in [4.69, 9.17) is 5.21 Å². The Hall–Kier alpha value is -3.19. The first-order chi connectivity index (χ1) is 16.1. The van der Waals surface area contributed by atoms with Gasteiger partial charge in [-0.2, -0.15) is 0 Å². The van der Waals surface area contributed by atoms with E-state index in [1.165, 1.54) is 5.56 Å². The monoisotopic (exact) mass is 453 g/mol. The van der Waals surface area contributed by atoms with Crippen LogP contribution >= 0.6 is 0 Å². The van der Waals surface area contributed by atoms with E-state index in [9.17, 15) is 14.4 Å². The third-order valence-electron chi connectivity index (χ3n) is 5.40. The van der Waals surface area contributed by atoms with Crippen molar-refractivity contribution >= 4 is 17.7 Å². The van der Waals surface area contributed by atoms with E-state index >= 15 is 0 Å². The molecule has 2 aromatic rings. The van der Waals surface area contributed by atoms with Crippen molar-refractivity contribution < 1.29 is 19.6 Å². The van der Waals surface area contributed by atoms with Gasteiger partial charge >= 0.3 is 0 Å². The minimum absolute atomic E-state index is 0.150. The number of amides is 3. The van der Waals surface area contributed by atoms with E-state index < -0.39 is 11.9 Å². The Morgan fingerprint density at radius 2 is 1.30 bits per heavy atom. The summed E-state index contributed by atoms with van der Waals surface area (Å²) in [7, 11) is 0. The molecule has 0 unspecified atom stereocenters. The van der Waals surface area contributed by atoms with Crippen LogP contribution in [0, 0.1) is 0 Å². The summed E-state index contributed by atoms with van der Waals surface area (Å²) in [5, 5.41) is 14.3. The van der Waals surface area contributed by atoms with Gasteiger partial charge in [0.2, 0.25) is 17.7 Å². The van der Waals surface area contributed by atoms with Gasteiger partial charge in [0.1, 0.15) is 6.04 Å². The third kappa shape index (κ3) is 11.3. The number of unbranched alkanes of at least 4 members (excludes halogenated alkanes) is 3. The SMILES string of the molecule is O=C(CCCCCCC(=O)N[C@@H](Cc1ccccc1)C(=O)NCCCc1ccccc1)NO. The van der Waals surface area contributed by atoms with Crippen LogP contribution in [0.4, 0.5) is 0 Å². The second-order valence-electron chi connectivity index (χ2n) is 8.14. The van der Waals surface area contributed by atoms with Crippen LogP contribution in [0.2, 0.25) is 0 Å². The van der Waals surface area contributed by atoms with E-state index in [1.54, 1.807) is 5.48 Å². The molecule has 2 aromatic carbocycles. The van der Waals surface area contributed by atoms with Gasteiger partial charge < -0.3 is 10.6 Å². The number of aryl methyl sites for hydroxylation is 1. The predicted molar refractivity (Wildman–Crippen MR) is 127 cm³/mol. The lowest BCUT2D eigenvalue weighted by Crippen LogP contribution is -2.48. The zero-order valence-corrected chi connectivity index (χ0v) is 19.1. The lowest BCUT2D eigenvalue weighted by atomic mass is 10.0. The van der Waals surface area contributed by atoms with E-state index in [2.05, 4.69) is 22.8 Å². The number of rotatable bonds is 15. The summed E-state index contributed by atoms with van der Waals surface area (Å²) >= 11 is 0. The molecule has 0 aliphatic carbocycles. The van der Waals surface area contributed by atoms with Gasteiger partial charge in [-0.05, 0) is 36.8 Å². The number of hydrogen-bond acceptors (Lipinski definition) is 4. The van der Waals surface area contributed by atoms with Crippen LogP contribution in [0.1, 0.15) is 56.1 Å². The molecule has 3 amide bonds. The first-order valence-electron chi connectivity index (χ1n) is 11.7. The normalized spacial score (nSPS) is 11.4. The summed E-state index contributed by atoms with van der Waals surface area (Å²) in [6, 6.07) is 19.2. The van der Waals surface area contributed by atoms with Crippen LogP contribution in [0.25, 0.3) is 0 Å². The molecule has 0 aromatic heterocycles. The van der Waals surface area contributed by atoms with Crippen molar-refractivity contribution in [3.8, 4) is 0 Å². The number of carbonyl (C=O) groups excluding carboxylic acids is 3. The lowest BCUT2D eigenvalue weighted by molar-refractivity contribution is -0.129. The maximum Gasteiger partial charge on any atom is 0.243 e.